The number of carbonyl (C=O) groups is 1. The monoisotopic (exact) mass is 382 g/mol. The molecule has 27 heavy (non-hydrogen) atoms. The van der Waals surface area contributed by atoms with Crippen LogP contribution in [0.1, 0.15) is 25.3 Å². The number of ether oxygens (including phenoxy) is 3. The van der Waals surface area contributed by atoms with Gasteiger partial charge in [0.25, 0.3) is 0 Å². The second-order valence-electron chi connectivity index (χ2n) is 6.93. The summed E-state index contributed by atoms with van der Waals surface area (Å²) >= 11 is 0. The second kappa shape index (κ2) is 7.38. The average Bonchev–Trinajstić information content (AvgIpc) is 3.00. The van der Waals surface area contributed by atoms with Crippen molar-refractivity contribution >= 4 is 5.78 Å². The molecule has 3 rings (SSSR count). The summed E-state index contributed by atoms with van der Waals surface area (Å²) in [5, 5.41) is 0. The largest absolute Gasteiger partial charge is 0.573 e. The molecule has 0 amide bonds. The minimum Gasteiger partial charge on any atom is -0.469 e. The fraction of sp³-hybridized carbons (Fsp3) is 0.450. The number of halogens is 3. The number of rotatable bonds is 6. The van der Waals surface area contributed by atoms with Gasteiger partial charge in [-0.2, -0.15) is 0 Å². The Labute approximate surface area is 155 Å². The minimum absolute atomic E-state index is 0.00637. The molecule has 146 valence electrons. The molecule has 7 heteroatoms. The van der Waals surface area contributed by atoms with E-state index in [9.17, 15) is 18.0 Å². The molecule has 0 aromatic heterocycles. The van der Waals surface area contributed by atoms with Gasteiger partial charge in [0, 0.05) is 12.0 Å². The zero-order valence-electron chi connectivity index (χ0n) is 14.9. The maximum atomic E-state index is 12.3. The standard InChI is InChI=1S/C20H21F3O4/c1-3-4-15-11-19(18(10-17(15)24)25-12-26-19)13(2)9-14-5-7-16(8-6-14)27-20(21,22)23/h3,5-8,10,13,15H,1,4,9,11-12H2,2H3/t13-,15-,19+/m0/s1. The fourth-order valence-electron chi connectivity index (χ4n) is 3.76. The number of ketones is 1. The summed E-state index contributed by atoms with van der Waals surface area (Å²) in [6, 6.07) is 5.78. The first-order valence-electron chi connectivity index (χ1n) is 8.72. The lowest BCUT2D eigenvalue weighted by Crippen LogP contribution is -2.44. The van der Waals surface area contributed by atoms with Gasteiger partial charge in [-0.15, -0.1) is 19.8 Å². The number of allylic oxidation sites excluding steroid dienone is 2. The number of carbonyl (C=O) groups excluding carboxylic acids is 1. The highest BCUT2D eigenvalue weighted by molar-refractivity contribution is 5.93. The number of alkyl halides is 3. The SMILES string of the molecule is C=CC[C@H]1C[C@]2([C@@H](C)Cc3ccc(OC(F)(F)F)cc3)OCOC2=CC1=O. The molecule has 2 aliphatic rings. The van der Waals surface area contributed by atoms with Gasteiger partial charge in [-0.3, -0.25) is 4.79 Å². The molecule has 1 fully saturated rings. The van der Waals surface area contributed by atoms with Crippen molar-refractivity contribution in [3.8, 4) is 5.75 Å². The van der Waals surface area contributed by atoms with Crippen molar-refractivity contribution in [2.24, 2.45) is 11.8 Å². The van der Waals surface area contributed by atoms with Crippen molar-refractivity contribution in [3.05, 3.63) is 54.3 Å². The van der Waals surface area contributed by atoms with Crippen LogP contribution in [0.4, 0.5) is 13.2 Å². The number of hydrogen-bond acceptors (Lipinski definition) is 4. The highest BCUT2D eigenvalue weighted by atomic mass is 19.4. The Bertz CT molecular complexity index is 739. The quantitative estimate of drug-likeness (QED) is 0.677. The van der Waals surface area contributed by atoms with E-state index in [2.05, 4.69) is 11.3 Å². The molecule has 1 saturated heterocycles. The molecule has 1 heterocycles. The molecule has 1 aromatic carbocycles. The number of fused-ring (bicyclic) bond motifs is 1. The highest BCUT2D eigenvalue weighted by Gasteiger charge is 2.51. The summed E-state index contributed by atoms with van der Waals surface area (Å²) in [5.74, 6) is 0.0376. The summed E-state index contributed by atoms with van der Waals surface area (Å²) in [5.41, 5.74) is 0.140. The molecule has 0 saturated carbocycles. The minimum atomic E-state index is -4.71. The van der Waals surface area contributed by atoms with Crippen LogP contribution in [-0.4, -0.2) is 24.5 Å². The van der Waals surface area contributed by atoms with Gasteiger partial charge in [-0.25, -0.2) is 0 Å². The van der Waals surface area contributed by atoms with Gasteiger partial charge in [0.05, 0.1) is 0 Å². The van der Waals surface area contributed by atoms with Crippen LogP contribution in [0.15, 0.2) is 48.8 Å². The van der Waals surface area contributed by atoms with Crippen molar-refractivity contribution in [2.45, 2.75) is 38.1 Å². The smallest absolute Gasteiger partial charge is 0.469 e. The molecule has 0 radical (unpaired) electrons. The van der Waals surface area contributed by atoms with Gasteiger partial charge in [0.15, 0.2) is 12.6 Å². The third-order valence-electron chi connectivity index (χ3n) is 5.12. The molecule has 1 aliphatic carbocycles. The summed E-state index contributed by atoms with van der Waals surface area (Å²) in [7, 11) is 0. The van der Waals surface area contributed by atoms with Crippen LogP contribution in [0.3, 0.4) is 0 Å². The van der Waals surface area contributed by atoms with Gasteiger partial charge in [0.1, 0.15) is 17.1 Å². The zero-order chi connectivity index (χ0) is 19.7. The Hall–Kier alpha value is -2.28. The lowest BCUT2D eigenvalue weighted by atomic mass is 9.71. The van der Waals surface area contributed by atoms with Crippen molar-refractivity contribution in [1.29, 1.82) is 0 Å². The van der Waals surface area contributed by atoms with E-state index in [1.54, 1.807) is 18.2 Å². The van der Waals surface area contributed by atoms with Crippen molar-refractivity contribution in [2.75, 3.05) is 6.79 Å². The van der Waals surface area contributed by atoms with Crippen LogP contribution in [0, 0.1) is 11.8 Å². The van der Waals surface area contributed by atoms with Crippen LogP contribution in [0.5, 0.6) is 5.75 Å². The maximum absolute atomic E-state index is 12.3. The first-order valence-corrected chi connectivity index (χ1v) is 8.72. The topological polar surface area (TPSA) is 44.8 Å². The summed E-state index contributed by atoms with van der Waals surface area (Å²) in [6.07, 6.45) is 0.139. The molecule has 3 atom stereocenters. The fourth-order valence-corrected chi connectivity index (χ4v) is 3.76. The van der Waals surface area contributed by atoms with Gasteiger partial charge >= 0.3 is 6.36 Å². The van der Waals surface area contributed by atoms with Crippen molar-refractivity contribution in [1.82, 2.24) is 0 Å². The molecule has 0 bridgehead atoms. The average molecular weight is 382 g/mol. The molecule has 1 aliphatic heterocycles. The highest BCUT2D eigenvalue weighted by Crippen LogP contribution is 2.46. The van der Waals surface area contributed by atoms with E-state index in [1.807, 2.05) is 6.92 Å². The summed E-state index contributed by atoms with van der Waals surface area (Å²) in [6.45, 7) is 5.78. The van der Waals surface area contributed by atoms with Crippen LogP contribution < -0.4 is 4.74 Å². The third kappa shape index (κ3) is 4.18. The summed E-state index contributed by atoms with van der Waals surface area (Å²) in [4.78, 5) is 12.2. The maximum Gasteiger partial charge on any atom is 0.573 e. The van der Waals surface area contributed by atoms with Crippen molar-refractivity contribution < 1.29 is 32.2 Å². The molecule has 0 unspecified atom stereocenters. The molecule has 0 N–H and O–H groups in total. The van der Waals surface area contributed by atoms with Crippen LogP contribution in [0.25, 0.3) is 0 Å². The van der Waals surface area contributed by atoms with E-state index in [0.29, 0.717) is 25.0 Å². The lowest BCUT2D eigenvalue weighted by molar-refractivity contribution is -0.274. The number of benzene rings is 1. The van der Waals surface area contributed by atoms with Gasteiger partial charge in [-0.05, 0) is 42.9 Å². The van der Waals surface area contributed by atoms with E-state index in [0.717, 1.165) is 5.56 Å². The Morgan fingerprint density at radius 1 is 1.37 bits per heavy atom. The Morgan fingerprint density at radius 3 is 2.70 bits per heavy atom. The van der Waals surface area contributed by atoms with Crippen LogP contribution in [-0.2, 0) is 20.7 Å². The van der Waals surface area contributed by atoms with Gasteiger partial charge in [0.2, 0.25) is 0 Å². The van der Waals surface area contributed by atoms with Crippen molar-refractivity contribution in [3.63, 3.8) is 0 Å². The molecular weight excluding hydrogens is 361 g/mol. The van der Waals surface area contributed by atoms with E-state index in [1.165, 1.54) is 18.2 Å². The Balaban J connectivity index is 1.76. The van der Waals surface area contributed by atoms with E-state index < -0.39 is 12.0 Å². The Kier molecular flexibility index (Phi) is 5.33. The predicted octanol–water partition coefficient (Wildman–Crippen LogP) is 4.56. The van der Waals surface area contributed by atoms with Crippen LogP contribution in [0.2, 0.25) is 0 Å². The second-order valence-corrected chi connectivity index (χ2v) is 6.93. The van der Waals surface area contributed by atoms with E-state index in [4.69, 9.17) is 9.47 Å². The van der Waals surface area contributed by atoms with Crippen LogP contribution >= 0.6 is 0 Å². The normalized spacial score (nSPS) is 26.0. The molecular formula is C20H21F3O4. The zero-order valence-corrected chi connectivity index (χ0v) is 14.9. The predicted molar refractivity (Wildman–Crippen MR) is 91.8 cm³/mol. The Morgan fingerprint density at radius 2 is 2.07 bits per heavy atom. The number of hydrogen-bond donors (Lipinski definition) is 0. The first-order chi connectivity index (χ1) is 12.7. The van der Waals surface area contributed by atoms with E-state index >= 15 is 0 Å². The third-order valence-corrected chi connectivity index (χ3v) is 5.12. The first kappa shape index (κ1) is 19.5. The lowest BCUT2D eigenvalue weighted by Gasteiger charge is -2.38. The van der Waals surface area contributed by atoms with E-state index in [-0.39, 0.29) is 30.2 Å². The summed E-state index contributed by atoms with van der Waals surface area (Å²) < 4.78 is 52.2. The molecule has 0 spiro atoms. The molecule has 4 nitrogen and oxygen atoms in total. The molecule has 1 aromatic rings. The van der Waals surface area contributed by atoms with Gasteiger partial charge in [-0.1, -0.05) is 25.1 Å². The van der Waals surface area contributed by atoms with Gasteiger partial charge < -0.3 is 14.2 Å².